The van der Waals surface area contributed by atoms with Crippen LogP contribution in [0.1, 0.15) is 107 Å². The fraction of sp³-hybridized carbons (Fsp3) is 0.824. The van der Waals surface area contributed by atoms with E-state index in [-0.39, 0.29) is 54.3 Å². The van der Waals surface area contributed by atoms with E-state index in [4.69, 9.17) is 5.11 Å². The SMILES string of the molecule is C/C(=C\[C@H](C(C)C)N(C)C(=O)[C@@H](NC(=O)C1CCCCN1C(C)C)C(C)(C)C)C(=O)N1CCC[C@H]1C(=O)NCCCCCO. The van der Waals surface area contributed by atoms with Crippen LogP contribution in [0.4, 0.5) is 0 Å². The molecule has 3 N–H and O–H groups in total. The van der Waals surface area contributed by atoms with Gasteiger partial charge in [0.2, 0.25) is 23.6 Å². The standard InChI is InChI=1S/C34H61N5O5/c1-23(2)28(22-25(5)32(43)39-20-15-17-26(39)30(41)35-18-12-10-14-21-40)37(9)33(44)29(34(6,7)8)36-31(42)27-16-11-13-19-38(27)24(3)4/h22-24,26-29,40H,10-21H2,1-9H3,(H,35,41)(H,36,42)/b25-22+/t26-,27?,28+,29+/m0/s1. The Balaban J connectivity index is 2.19. The van der Waals surface area contributed by atoms with E-state index in [1.165, 1.54) is 0 Å². The van der Waals surface area contributed by atoms with Crippen LogP contribution in [-0.4, -0.2) is 107 Å². The third-order valence-corrected chi connectivity index (χ3v) is 9.10. The highest BCUT2D eigenvalue weighted by Crippen LogP contribution is 2.27. The molecule has 0 radical (unpaired) electrons. The van der Waals surface area contributed by atoms with E-state index in [9.17, 15) is 19.2 Å². The minimum atomic E-state index is -0.731. The predicted octanol–water partition coefficient (Wildman–Crippen LogP) is 3.48. The molecule has 0 aromatic heterocycles. The number of hydrogen-bond acceptors (Lipinski definition) is 6. The number of hydrogen-bond donors (Lipinski definition) is 3. The van der Waals surface area contributed by atoms with Gasteiger partial charge in [-0.3, -0.25) is 24.1 Å². The molecule has 10 heteroatoms. The number of piperidine rings is 1. The van der Waals surface area contributed by atoms with Gasteiger partial charge in [0.15, 0.2) is 0 Å². The smallest absolute Gasteiger partial charge is 0.249 e. The average Bonchev–Trinajstić information content (AvgIpc) is 3.46. The van der Waals surface area contributed by atoms with Gasteiger partial charge in [0.05, 0.1) is 12.1 Å². The third kappa shape index (κ3) is 10.3. The van der Waals surface area contributed by atoms with Gasteiger partial charge in [-0.25, -0.2) is 0 Å². The fourth-order valence-corrected chi connectivity index (χ4v) is 6.42. The summed E-state index contributed by atoms with van der Waals surface area (Å²) >= 11 is 0. The van der Waals surface area contributed by atoms with Crippen LogP contribution in [0.5, 0.6) is 0 Å². The lowest BCUT2D eigenvalue weighted by atomic mass is 9.84. The molecule has 0 bridgehead atoms. The van der Waals surface area contributed by atoms with Crippen LogP contribution in [0.2, 0.25) is 0 Å². The van der Waals surface area contributed by atoms with Crippen LogP contribution in [0.15, 0.2) is 11.6 Å². The summed E-state index contributed by atoms with van der Waals surface area (Å²) in [5.41, 5.74) is -0.0278. The monoisotopic (exact) mass is 619 g/mol. The highest BCUT2D eigenvalue weighted by Gasteiger charge is 2.40. The van der Waals surface area contributed by atoms with Crippen LogP contribution in [0, 0.1) is 11.3 Å². The first-order valence-electron chi connectivity index (χ1n) is 16.8. The Morgan fingerprint density at radius 3 is 2.18 bits per heavy atom. The first-order valence-corrected chi connectivity index (χ1v) is 16.8. The lowest BCUT2D eigenvalue weighted by molar-refractivity contribution is -0.142. The molecule has 0 spiro atoms. The molecule has 44 heavy (non-hydrogen) atoms. The normalized spacial score (nSPS) is 21.4. The number of unbranched alkanes of at least 4 members (excludes halogenated alkanes) is 2. The molecule has 2 rings (SSSR count). The van der Waals surface area contributed by atoms with Crippen molar-refractivity contribution in [3.05, 3.63) is 11.6 Å². The zero-order valence-electron chi connectivity index (χ0n) is 28.9. The summed E-state index contributed by atoms with van der Waals surface area (Å²) in [7, 11) is 1.75. The van der Waals surface area contributed by atoms with Gasteiger partial charge >= 0.3 is 0 Å². The first-order chi connectivity index (χ1) is 20.6. The van der Waals surface area contributed by atoms with Crippen LogP contribution in [0.3, 0.4) is 0 Å². The Kier molecular flexibility index (Phi) is 14.8. The van der Waals surface area contributed by atoms with E-state index in [0.717, 1.165) is 45.1 Å². The summed E-state index contributed by atoms with van der Waals surface area (Å²) in [5.74, 6) is -0.615. The Morgan fingerprint density at radius 2 is 1.59 bits per heavy atom. The summed E-state index contributed by atoms with van der Waals surface area (Å²) < 4.78 is 0. The molecule has 2 heterocycles. The molecule has 0 saturated carbocycles. The molecule has 4 atom stereocenters. The molecule has 0 aliphatic carbocycles. The number of likely N-dealkylation sites (N-methyl/N-ethyl adjacent to an activating group) is 1. The Labute approximate surface area is 266 Å². The lowest BCUT2D eigenvalue weighted by Gasteiger charge is -2.41. The van der Waals surface area contributed by atoms with Gasteiger partial charge in [-0.05, 0) is 83.6 Å². The number of nitrogens with one attached hydrogen (secondary N) is 2. The van der Waals surface area contributed by atoms with Crippen molar-refractivity contribution in [2.24, 2.45) is 11.3 Å². The maximum absolute atomic E-state index is 14.1. The molecule has 2 saturated heterocycles. The van der Waals surface area contributed by atoms with Crippen molar-refractivity contribution in [2.45, 2.75) is 137 Å². The quantitative estimate of drug-likeness (QED) is 0.202. The zero-order valence-corrected chi connectivity index (χ0v) is 28.9. The number of carbonyl (C=O) groups is 4. The van der Waals surface area contributed by atoms with Crippen molar-refractivity contribution in [3.8, 4) is 0 Å². The van der Waals surface area contributed by atoms with Crippen molar-refractivity contribution < 1.29 is 24.3 Å². The van der Waals surface area contributed by atoms with E-state index in [2.05, 4.69) is 29.4 Å². The Hall–Kier alpha value is -2.46. The average molecular weight is 620 g/mol. The van der Waals surface area contributed by atoms with Crippen molar-refractivity contribution in [2.75, 3.05) is 33.3 Å². The first kappa shape index (κ1) is 37.7. The number of aliphatic hydroxyl groups is 1. The van der Waals surface area contributed by atoms with Gasteiger partial charge in [-0.15, -0.1) is 0 Å². The van der Waals surface area contributed by atoms with Crippen LogP contribution in [-0.2, 0) is 19.2 Å². The molecule has 0 aromatic rings. The van der Waals surface area contributed by atoms with E-state index in [1.807, 2.05) is 40.7 Å². The second kappa shape index (κ2) is 17.3. The van der Waals surface area contributed by atoms with Crippen molar-refractivity contribution in [1.29, 1.82) is 0 Å². The number of likely N-dealkylation sites (tertiary alicyclic amines) is 2. The van der Waals surface area contributed by atoms with E-state index in [1.54, 1.807) is 23.8 Å². The minimum Gasteiger partial charge on any atom is -0.396 e. The third-order valence-electron chi connectivity index (χ3n) is 9.10. The molecular formula is C34H61N5O5. The second-order valence-corrected chi connectivity index (χ2v) is 14.4. The number of amides is 4. The van der Waals surface area contributed by atoms with Gasteiger partial charge in [-0.2, -0.15) is 0 Å². The summed E-state index contributed by atoms with van der Waals surface area (Å²) in [6, 6.07) is -1.63. The minimum absolute atomic E-state index is 0.00870. The van der Waals surface area contributed by atoms with Gasteiger partial charge in [0.1, 0.15) is 12.1 Å². The second-order valence-electron chi connectivity index (χ2n) is 14.4. The number of nitrogens with zero attached hydrogens (tertiary/aromatic N) is 3. The van der Waals surface area contributed by atoms with Gasteiger partial charge in [0.25, 0.3) is 0 Å². The molecular weight excluding hydrogens is 558 g/mol. The Morgan fingerprint density at radius 1 is 0.932 bits per heavy atom. The highest BCUT2D eigenvalue weighted by atomic mass is 16.3. The topological polar surface area (TPSA) is 122 Å². The van der Waals surface area contributed by atoms with Gasteiger partial charge in [-0.1, -0.05) is 47.1 Å². The lowest BCUT2D eigenvalue weighted by Crippen LogP contribution is -2.60. The van der Waals surface area contributed by atoms with E-state index < -0.39 is 17.5 Å². The van der Waals surface area contributed by atoms with Crippen molar-refractivity contribution in [1.82, 2.24) is 25.3 Å². The number of carbonyl (C=O) groups excluding carboxylic acids is 4. The van der Waals surface area contributed by atoms with Gasteiger partial charge < -0.3 is 25.5 Å². The Bertz CT molecular complexity index is 1000. The van der Waals surface area contributed by atoms with Crippen LogP contribution in [0.25, 0.3) is 0 Å². The van der Waals surface area contributed by atoms with E-state index in [0.29, 0.717) is 31.5 Å². The van der Waals surface area contributed by atoms with Crippen LogP contribution < -0.4 is 10.6 Å². The van der Waals surface area contributed by atoms with E-state index >= 15 is 0 Å². The molecule has 0 aromatic carbocycles. The number of aliphatic hydroxyl groups excluding tert-OH is 1. The molecule has 2 fully saturated rings. The fourth-order valence-electron chi connectivity index (χ4n) is 6.42. The largest absolute Gasteiger partial charge is 0.396 e. The maximum atomic E-state index is 14.1. The summed E-state index contributed by atoms with van der Waals surface area (Å²) in [5, 5.41) is 15.0. The summed E-state index contributed by atoms with van der Waals surface area (Å²) in [6.45, 7) is 17.9. The van der Waals surface area contributed by atoms with Crippen molar-refractivity contribution >= 4 is 23.6 Å². The van der Waals surface area contributed by atoms with Crippen molar-refractivity contribution in [3.63, 3.8) is 0 Å². The molecule has 2 aliphatic rings. The molecule has 252 valence electrons. The summed E-state index contributed by atoms with van der Waals surface area (Å²) in [4.78, 5) is 59.7. The van der Waals surface area contributed by atoms with Gasteiger partial charge in [0, 0.05) is 38.4 Å². The maximum Gasteiger partial charge on any atom is 0.249 e. The number of rotatable bonds is 14. The zero-order chi connectivity index (χ0) is 33.2. The predicted molar refractivity (Wildman–Crippen MR) is 175 cm³/mol. The molecule has 4 amide bonds. The van der Waals surface area contributed by atoms with Crippen LogP contribution >= 0.6 is 0 Å². The highest BCUT2D eigenvalue weighted by molar-refractivity contribution is 5.97. The summed E-state index contributed by atoms with van der Waals surface area (Å²) in [6.07, 6.45) is 8.40. The molecule has 1 unspecified atom stereocenters. The molecule has 10 nitrogen and oxygen atoms in total. The molecule has 2 aliphatic heterocycles.